The fraction of sp³-hybridized carbons (Fsp3) is 0.200. The number of methoxy groups -OCH3 is 1. The third-order valence-electron chi connectivity index (χ3n) is 3.11. The maximum Gasteiger partial charge on any atom is 0.270 e. The van der Waals surface area contributed by atoms with Crippen molar-refractivity contribution in [2.24, 2.45) is 0 Å². The predicted molar refractivity (Wildman–Crippen MR) is 79.7 cm³/mol. The molecule has 0 saturated heterocycles. The minimum Gasteiger partial charge on any atom is -0.496 e. The SMILES string of the molecule is COc1ccc([N+](=O)[O-])cc1C(=O)N(C)Cc1cccnc1. The van der Waals surface area contributed by atoms with Crippen molar-refractivity contribution in [1.82, 2.24) is 9.88 Å². The number of amides is 1. The normalized spacial score (nSPS) is 10.1. The van der Waals surface area contributed by atoms with E-state index in [9.17, 15) is 14.9 Å². The van der Waals surface area contributed by atoms with Crippen LogP contribution in [0.15, 0.2) is 42.7 Å². The van der Waals surface area contributed by atoms with Gasteiger partial charge < -0.3 is 9.64 Å². The quantitative estimate of drug-likeness (QED) is 0.624. The van der Waals surface area contributed by atoms with Crippen molar-refractivity contribution in [3.63, 3.8) is 0 Å². The molecule has 1 amide bonds. The van der Waals surface area contributed by atoms with Gasteiger partial charge in [0.25, 0.3) is 11.6 Å². The molecule has 7 nitrogen and oxygen atoms in total. The van der Waals surface area contributed by atoms with Gasteiger partial charge in [0.1, 0.15) is 5.75 Å². The van der Waals surface area contributed by atoms with E-state index in [1.165, 1.54) is 30.2 Å². The number of nitro benzene ring substituents is 1. The molecule has 22 heavy (non-hydrogen) atoms. The maximum atomic E-state index is 12.5. The number of non-ortho nitro benzene ring substituents is 1. The number of carbonyl (C=O) groups is 1. The summed E-state index contributed by atoms with van der Waals surface area (Å²) in [5, 5.41) is 10.9. The van der Waals surface area contributed by atoms with E-state index in [-0.39, 0.29) is 17.2 Å². The standard InChI is InChI=1S/C15H15N3O4/c1-17(10-11-4-3-7-16-9-11)15(19)13-8-12(18(20)21)5-6-14(13)22-2/h3-9H,10H2,1-2H3. The van der Waals surface area contributed by atoms with Gasteiger partial charge in [0, 0.05) is 38.1 Å². The molecule has 0 bridgehead atoms. The number of nitro groups is 1. The van der Waals surface area contributed by atoms with Gasteiger partial charge in [0.05, 0.1) is 17.6 Å². The van der Waals surface area contributed by atoms with Crippen LogP contribution in [0.25, 0.3) is 0 Å². The number of ether oxygens (including phenoxy) is 1. The Morgan fingerprint density at radius 1 is 1.41 bits per heavy atom. The van der Waals surface area contributed by atoms with Crippen molar-refractivity contribution in [2.75, 3.05) is 14.2 Å². The van der Waals surface area contributed by atoms with Gasteiger partial charge in [-0.25, -0.2) is 0 Å². The summed E-state index contributed by atoms with van der Waals surface area (Å²) in [5.74, 6) is -0.0574. The van der Waals surface area contributed by atoms with E-state index in [1.54, 1.807) is 25.5 Å². The second-order valence-corrected chi connectivity index (χ2v) is 4.66. The first-order valence-corrected chi connectivity index (χ1v) is 6.49. The molecule has 1 heterocycles. The number of hydrogen-bond acceptors (Lipinski definition) is 5. The van der Waals surface area contributed by atoms with Crippen molar-refractivity contribution >= 4 is 11.6 Å². The van der Waals surface area contributed by atoms with Gasteiger partial charge in [-0.1, -0.05) is 6.07 Å². The van der Waals surface area contributed by atoms with Gasteiger partial charge in [0.2, 0.25) is 0 Å². The highest BCUT2D eigenvalue weighted by atomic mass is 16.6. The summed E-state index contributed by atoms with van der Waals surface area (Å²) in [6, 6.07) is 7.57. The molecule has 0 unspecified atom stereocenters. The van der Waals surface area contributed by atoms with E-state index in [0.717, 1.165) is 5.56 Å². The number of carbonyl (C=O) groups excluding carboxylic acids is 1. The Hall–Kier alpha value is -2.96. The lowest BCUT2D eigenvalue weighted by Gasteiger charge is -2.18. The van der Waals surface area contributed by atoms with E-state index in [0.29, 0.717) is 12.3 Å². The zero-order valence-corrected chi connectivity index (χ0v) is 12.2. The highest BCUT2D eigenvalue weighted by Gasteiger charge is 2.20. The third kappa shape index (κ3) is 3.38. The van der Waals surface area contributed by atoms with Crippen LogP contribution in [-0.4, -0.2) is 34.9 Å². The van der Waals surface area contributed by atoms with Gasteiger partial charge >= 0.3 is 0 Å². The lowest BCUT2D eigenvalue weighted by Crippen LogP contribution is -2.26. The molecule has 0 atom stereocenters. The van der Waals surface area contributed by atoms with E-state index >= 15 is 0 Å². The minimum atomic E-state index is -0.544. The summed E-state index contributed by atoms with van der Waals surface area (Å²) in [4.78, 5) is 28.3. The van der Waals surface area contributed by atoms with E-state index in [1.807, 2.05) is 6.07 Å². The highest BCUT2D eigenvalue weighted by Crippen LogP contribution is 2.25. The van der Waals surface area contributed by atoms with Crippen molar-refractivity contribution < 1.29 is 14.5 Å². The predicted octanol–water partition coefficient (Wildman–Crippen LogP) is 2.27. The van der Waals surface area contributed by atoms with E-state index < -0.39 is 4.92 Å². The lowest BCUT2D eigenvalue weighted by atomic mass is 10.1. The Morgan fingerprint density at radius 3 is 2.77 bits per heavy atom. The van der Waals surface area contributed by atoms with E-state index in [2.05, 4.69) is 4.98 Å². The first-order valence-electron chi connectivity index (χ1n) is 6.49. The topological polar surface area (TPSA) is 85.6 Å². The van der Waals surface area contributed by atoms with Crippen LogP contribution in [0.5, 0.6) is 5.75 Å². The van der Waals surface area contributed by atoms with Gasteiger partial charge in [-0.15, -0.1) is 0 Å². The van der Waals surface area contributed by atoms with Crippen LogP contribution in [0.4, 0.5) is 5.69 Å². The number of benzene rings is 1. The van der Waals surface area contributed by atoms with Gasteiger partial charge in [0.15, 0.2) is 0 Å². The molecule has 0 aliphatic rings. The van der Waals surface area contributed by atoms with Crippen LogP contribution in [0, 0.1) is 10.1 Å². The summed E-state index contributed by atoms with van der Waals surface area (Å²) in [7, 11) is 3.03. The van der Waals surface area contributed by atoms with Crippen LogP contribution in [0.1, 0.15) is 15.9 Å². The van der Waals surface area contributed by atoms with Crippen LogP contribution < -0.4 is 4.74 Å². The maximum absolute atomic E-state index is 12.5. The molecular weight excluding hydrogens is 286 g/mol. The Balaban J connectivity index is 2.27. The zero-order valence-electron chi connectivity index (χ0n) is 12.2. The fourth-order valence-corrected chi connectivity index (χ4v) is 2.02. The van der Waals surface area contributed by atoms with Gasteiger partial charge in [-0.2, -0.15) is 0 Å². The third-order valence-corrected chi connectivity index (χ3v) is 3.11. The lowest BCUT2D eigenvalue weighted by molar-refractivity contribution is -0.384. The van der Waals surface area contributed by atoms with Crippen molar-refractivity contribution in [2.45, 2.75) is 6.54 Å². The second kappa shape index (κ2) is 6.66. The van der Waals surface area contributed by atoms with Crippen LogP contribution in [0.2, 0.25) is 0 Å². The van der Waals surface area contributed by atoms with Gasteiger partial charge in [-0.3, -0.25) is 19.9 Å². The molecule has 2 aromatic rings. The highest BCUT2D eigenvalue weighted by molar-refractivity contribution is 5.97. The average molecular weight is 301 g/mol. The Labute approximate surface area is 127 Å². The molecule has 0 saturated carbocycles. The van der Waals surface area contributed by atoms with Crippen molar-refractivity contribution in [3.8, 4) is 5.75 Å². The summed E-state index contributed by atoms with van der Waals surface area (Å²) >= 11 is 0. The smallest absolute Gasteiger partial charge is 0.270 e. The number of rotatable bonds is 5. The van der Waals surface area contributed by atoms with Crippen molar-refractivity contribution in [1.29, 1.82) is 0 Å². The second-order valence-electron chi connectivity index (χ2n) is 4.66. The fourth-order valence-electron chi connectivity index (χ4n) is 2.02. The molecule has 0 spiro atoms. The summed E-state index contributed by atoms with van der Waals surface area (Å²) in [6.45, 7) is 0.346. The van der Waals surface area contributed by atoms with Crippen LogP contribution >= 0.6 is 0 Å². The van der Waals surface area contributed by atoms with Gasteiger partial charge in [-0.05, 0) is 17.7 Å². The molecule has 0 aliphatic carbocycles. The molecule has 114 valence electrons. The number of aromatic nitrogens is 1. The first kappa shape index (κ1) is 15.4. The molecular formula is C15H15N3O4. The number of hydrogen-bond donors (Lipinski definition) is 0. The number of pyridine rings is 1. The molecule has 0 aliphatic heterocycles. The van der Waals surface area contributed by atoms with Crippen LogP contribution in [-0.2, 0) is 6.54 Å². The first-order chi connectivity index (χ1) is 10.5. The molecule has 1 aromatic heterocycles. The Bertz CT molecular complexity index is 688. The summed E-state index contributed by atoms with van der Waals surface area (Å²) < 4.78 is 5.12. The molecule has 2 rings (SSSR count). The molecule has 0 fully saturated rings. The van der Waals surface area contributed by atoms with Crippen molar-refractivity contribution in [3.05, 3.63) is 64.0 Å². The average Bonchev–Trinajstić information content (AvgIpc) is 2.54. The summed E-state index contributed by atoms with van der Waals surface area (Å²) in [5.41, 5.74) is 0.866. The molecule has 0 radical (unpaired) electrons. The van der Waals surface area contributed by atoms with Crippen LogP contribution in [0.3, 0.4) is 0 Å². The van der Waals surface area contributed by atoms with E-state index in [4.69, 9.17) is 4.74 Å². The zero-order chi connectivity index (χ0) is 16.1. The molecule has 1 aromatic carbocycles. The largest absolute Gasteiger partial charge is 0.496 e. The minimum absolute atomic E-state index is 0.154. The summed E-state index contributed by atoms with van der Waals surface area (Å²) in [6.07, 6.45) is 3.31. The molecule has 7 heteroatoms. The molecule has 0 N–H and O–H groups in total. The monoisotopic (exact) mass is 301 g/mol. The number of nitrogens with zero attached hydrogens (tertiary/aromatic N) is 3. The Morgan fingerprint density at radius 2 is 2.18 bits per heavy atom. The Kier molecular flexibility index (Phi) is 4.67.